The first-order valence-electron chi connectivity index (χ1n) is 10.0. The first-order chi connectivity index (χ1) is 14.9. The average molecular weight is 417 g/mol. The predicted octanol–water partition coefficient (Wildman–Crippen LogP) is 3.68. The van der Waals surface area contributed by atoms with E-state index in [4.69, 9.17) is 4.74 Å². The van der Waals surface area contributed by atoms with E-state index >= 15 is 0 Å². The van der Waals surface area contributed by atoms with E-state index in [1.807, 2.05) is 39.0 Å². The van der Waals surface area contributed by atoms with Gasteiger partial charge in [0.2, 0.25) is 0 Å². The first-order valence-corrected chi connectivity index (χ1v) is 10.0. The lowest BCUT2D eigenvalue weighted by molar-refractivity contribution is 0.0939. The zero-order valence-electron chi connectivity index (χ0n) is 17.6. The van der Waals surface area contributed by atoms with Crippen molar-refractivity contribution in [3.63, 3.8) is 0 Å². The normalized spacial score (nSPS) is 16.7. The van der Waals surface area contributed by atoms with Crippen LogP contribution in [0.25, 0.3) is 11.3 Å². The smallest absolute Gasteiger partial charge is 0.414 e. The summed E-state index contributed by atoms with van der Waals surface area (Å²) in [5, 5.41) is 2.94. The minimum atomic E-state index is -0.430. The highest BCUT2D eigenvalue weighted by molar-refractivity contribution is 5.99. The summed E-state index contributed by atoms with van der Waals surface area (Å²) in [5.41, 5.74) is 4.15. The molecule has 3 aromatic rings. The van der Waals surface area contributed by atoms with E-state index in [1.54, 1.807) is 41.8 Å². The summed E-state index contributed by atoms with van der Waals surface area (Å²) in [6.07, 6.45) is 6.12. The molecule has 31 heavy (non-hydrogen) atoms. The minimum Gasteiger partial charge on any atom is -0.447 e. The van der Waals surface area contributed by atoms with Crippen LogP contribution in [0.15, 0.2) is 55.1 Å². The zero-order chi connectivity index (χ0) is 22.0. The Morgan fingerprint density at radius 1 is 1.19 bits per heavy atom. The Morgan fingerprint density at radius 2 is 2.03 bits per heavy atom. The number of carbonyl (C=O) groups is 2. The van der Waals surface area contributed by atoms with Gasteiger partial charge in [-0.15, -0.1) is 0 Å². The number of anilines is 1. The Labute approximate surface area is 180 Å². The van der Waals surface area contributed by atoms with Crippen LogP contribution in [0.4, 0.5) is 10.5 Å². The number of hydrogen-bond acceptors (Lipinski definition) is 6. The topological polar surface area (TPSA) is 97.3 Å². The Bertz CT molecular complexity index is 1100. The van der Waals surface area contributed by atoms with E-state index in [2.05, 4.69) is 20.3 Å². The lowest BCUT2D eigenvalue weighted by atomic mass is 10.0. The summed E-state index contributed by atoms with van der Waals surface area (Å²) >= 11 is 0. The van der Waals surface area contributed by atoms with Crippen LogP contribution < -0.4 is 10.2 Å². The number of nitrogens with one attached hydrogen (secondary N) is 1. The standard InChI is InChI=1S/C23H23N5O3/c1-14-4-5-20(26-11-14)17-8-18(10-19(9-17)28-15(2)13-31-23(28)30)22(29)27-16(3)21-12-24-6-7-25-21/h4-12,15-16H,13H2,1-3H3,(H,27,29). The van der Waals surface area contributed by atoms with Gasteiger partial charge in [-0.05, 0) is 50.6 Å². The number of rotatable bonds is 5. The van der Waals surface area contributed by atoms with Crippen molar-refractivity contribution in [2.45, 2.75) is 32.9 Å². The minimum absolute atomic E-state index is 0.136. The summed E-state index contributed by atoms with van der Waals surface area (Å²) in [6.45, 7) is 6.00. The van der Waals surface area contributed by atoms with Gasteiger partial charge in [-0.2, -0.15) is 0 Å². The van der Waals surface area contributed by atoms with Crippen LogP contribution in [0.5, 0.6) is 0 Å². The molecule has 2 amide bonds. The molecule has 8 nitrogen and oxygen atoms in total. The summed E-state index contributed by atoms with van der Waals surface area (Å²) in [6, 6.07) is 8.70. The number of hydrogen-bond donors (Lipinski definition) is 1. The number of cyclic esters (lactones) is 1. The molecule has 0 aliphatic carbocycles. The second-order valence-corrected chi connectivity index (χ2v) is 7.61. The van der Waals surface area contributed by atoms with Gasteiger partial charge in [-0.25, -0.2) is 4.79 Å². The molecule has 2 unspecified atom stereocenters. The maximum atomic E-state index is 13.1. The Morgan fingerprint density at radius 3 is 2.68 bits per heavy atom. The number of ether oxygens (including phenoxy) is 1. The number of aromatic nitrogens is 3. The quantitative estimate of drug-likeness (QED) is 0.680. The fraction of sp³-hybridized carbons (Fsp3) is 0.261. The molecule has 158 valence electrons. The van der Waals surface area contributed by atoms with Crippen LogP contribution in [0.1, 0.15) is 41.5 Å². The van der Waals surface area contributed by atoms with Crippen LogP contribution in [0.3, 0.4) is 0 Å². The highest BCUT2D eigenvalue weighted by Gasteiger charge is 2.31. The first kappa shape index (κ1) is 20.5. The molecule has 0 spiro atoms. The number of benzene rings is 1. The van der Waals surface area contributed by atoms with Gasteiger partial charge in [0.15, 0.2) is 0 Å². The van der Waals surface area contributed by atoms with E-state index in [-0.39, 0.29) is 18.0 Å². The van der Waals surface area contributed by atoms with E-state index < -0.39 is 6.09 Å². The van der Waals surface area contributed by atoms with Crippen molar-refractivity contribution < 1.29 is 14.3 Å². The average Bonchev–Trinajstić information content (AvgIpc) is 3.12. The van der Waals surface area contributed by atoms with Gasteiger partial charge in [0.05, 0.1) is 29.7 Å². The maximum Gasteiger partial charge on any atom is 0.414 e. The van der Waals surface area contributed by atoms with E-state index in [0.29, 0.717) is 29.2 Å². The van der Waals surface area contributed by atoms with Gasteiger partial charge in [-0.1, -0.05) is 6.07 Å². The number of aryl methyl sites for hydroxylation is 1. The highest BCUT2D eigenvalue weighted by Crippen LogP contribution is 2.30. The third kappa shape index (κ3) is 4.37. The largest absolute Gasteiger partial charge is 0.447 e. The molecule has 0 bridgehead atoms. The molecule has 2 atom stereocenters. The fourth-order valence-electron chi connectivity index (χ4n) is 3.43. The van der Waals surface area contributed by atoms with Crippen molar-refractivity contribution >= 4 is 17.7 Å². The van der Waals surface area contributed by atoms with Crippen molar-refractivity contribution in [3.05, 3.63) is 71.9 Å². The third-order valence-corrected chi connectivity index (χ3v) is 5.13. The maximum absolute atomic E-state index is 13.1. The molecule has 0 radical (unpaired) electrons. The predicted molar refractivity (Wildman–Crippen MR) is 116 cm³/mol. The molecule has 1 saturated heterocycles. The van der Waals surface area contributed by atoms with E-state index in [0.717, 1.165) is 11.1 Å². The van der Waals surface area contributed by atoms with E-state index in [9.17, 15) is 9.59 Å². The Balaban J connectivity index is 1.71. The highest BCUT2D eigenvalue weighted by atomic mass is 16.6. The Kier molecular flexibility index (Phi) is 5.62. The number of pyridine rings is 1. The Hall–Kier alpha value is -3.81. The number of amides is 2. The number of carbonyl (C=O) groups excluding carboxylic acids is 2. The van der Waals surface area contributed by atoms with Crippen molar-refractivity contribution in [2.75, 3.05) is 11.5 Å². The molecule has 1 aromatic carbocycles. The molecule has 1 N–H and O–H groups in total. The molecule has 4 rings (SSSR count). The van der Waals surface area contributed by atoms with Crippen molar-refractivity contribution in [2.24, 2.45) is 0 Å². The van der Waals surface area contributed by atoms with Crippen molar-refractivity contribution in [1.29, 1.82) is 0 Å². The monoisotopic (exact) mass is 417 g/mol. The van der Waals surface area contributed by atoms with Crippen LogP contribution >= 0.6 is 0 Å². The fourth-order valence-corrected chi connectivity index (χ4v) is 3.43. The van der Waals surface area contributed by atoms with Gasteiger partial charge in [0.1, 0.15) is 6.61 Å². The van der Waals surface area contributed by atoms with Gasteiger partial charge in [-0.3, -0.25) is 24.6 Å². The molecule has 1 aliphatic rings. The summed E-state index contributed by atoms with van der Waals surface area (Å²) < 4.78 is 5.17. The lowest BCUT2D eigenvalue weighted by Gasteiger charge is -2.20. The van der Waals surface area contributed by atoms with Gasteiger partial charge >= 0.3 is 6.09 Å². The summed E-state index contributed by atoms with van der Waals surface area (Å²) in [4.78, 5) is 39.7. The molecular weight excluding hydrogens is 394 g/mol. The molecule has 1 fully saturated rings. The molecule has 0 saturated carbocycles. The van der Waals surface area contributed by atoms with Crippen molar-refractivity contribution in [1.82, 2.24) is 20.3 Å². The number of nitrogens with zero attached hydrogens (tertiary/aromatic N) is 4. The second-order valence-electron chi connectivity index (χ2n) is 7.61. The second kappa shape index (κ2) is 8.51. The molecule has 2 aromatic heterocycles. The molecular formula is C23H23N5O3. The SMILES string of the molecule is Cc1ccc(-c2cc(C(=O)NC(C)c3cnccn3)cc(N3C(=O)OCC3C)c2)nc1. The molecule has 1 aliphatic heterocycles. The van der Waals surface area contributed by atoms with Crippen molar-refractivity contribution in [3.8, 4) is 11.3 Å². The van der Waals surface area contributed by atoms with Gasteiger partial charge < -0.3 is 10.1 Å². The third-order valence-electron chi connectivity index (χ3n) is 5.13. The van der Waals surface area contributed by atoms with Crippen LogP contribution in [-0.4, -0.2) is 39.6 Å². The zero-order valence-corrected chi connectivity index (χ0v) is 17.6. The van der Waals surface area contributed by atoms with Crippen LogP contribution in [0.2, 0.25) is 0 Å². The van der Waals surface area contributed by atoms with Gasteiger partial charge in [0, 0.05) is 35.4 Å². The van der Waals surface area contributed by atoms with E-state index in [1.165, 1.54) is 0 Å². The lowest BCUT2D eigenvalue weighted by Crippen LogP contribution is -2.32. The molecule has 3 heterocycles. The summed E-state index contributed by atoms with van der Waals surface area (Å²) in [5.74, 6) is -0.284. The summed E-state index contributed by atoms with van der Waals surface area (Å²) in [7, 11) is 0. The van der Waals surface area contributed by atoms with Gasteiger partial charge in [0.25, 0.3) is 5.91 Å². The van der Waals surface area contributed by atoms with Crippen LogP contribution in [-0.2, 0) is 4.74 Å². The molecule has 8 heteroatoms. The van der Waals surface area contributed by atoms with Crippen LogP contribution in [0, 0.1) is 6.92 Å².